The second-order valence-corrected chi connectivity index (χ2v) is 5.81. The van der Waals surface area contributed by atoms with Crippen LogP contribution in [0.5, 0.6) is 11.9 Å². The molecular weight excluding hydrogens is 306 g/mol. The van der Waals surface area contributed by atoms with E-state index in [4.69, 9.17) is 9.47 Å². The molecule has 2 heterocycles. The fourth-order valence-electron chi connectivity index (χ4n) is 2.82. The predicted molar refractivity (Wildman–Crippen MR) is 89.3 cm³/mol. The van der Waals surface area contributed by atoms with Crippen LogP contribution in [0.15, 0.2) is 36.5 Å². The first-order valence-corrected chi connectivity index (χ1v) is 8.06. The van der Waals surface area contributed by atoms with Gasteiger partial charge in [-0.05, 0) is 18.6 Å². The lowest BCUT2D eigenvalue weighted by atomic mass is 10.0. The number of ether oxygens (including phenoxy) is 2. The number of methoxy groups -OCH3 is 1. The number of hydrogen-bond donors (Lipinski definition) is 0. The minimum Gasteiger partial charge on any atom is -0.474 e. The molecule has 0 atom stereocenters. The lowest BCUT2D eigenvalue weighted by Gasteiger charge is -2.32. The van der Waals surface area contributed by atoms with Crippen LogP contribution in [-0.2, 0) is 0 Å². The van der Waals surface area contributed by atoms with Crippen LogP contribution < -0.4 is 9.47 Å². The molecule has 2 aromatic rings. The first-order valence-electron chi connectivity index (χ1n) is 8.06. The van der Waals surface area contributed by atoms with Gasteiger partial charge in [-0.2, -0.15) is 4.98 Å². The number of nitrogens with zero attached hydrogens (tertiary/aromatic N) is 3. The van der Waals surface area contributed by atoms with E-state index in [2.05, 4.69) is 9.97 Å². The van der Waals surface area contributed by atoms with Gasteiger partial charge in [0.25, 0.3) is 5.91 Å². The first-order chi connectivity index (χ1) is 11.7. The van der Waals surface area contributed by atoms with Crippen LogP contribution in [0.25, 0.3) is 0 Å². The van der Waals surface area contributed by atoms with Gasteiger partial charge in [-0.25, -0.2) is 4.98 Å². The summed E-state index contributed by atoms with van der Waals surface area (Å²) in [4.78, 5) is 22.6. The van der Waals surface area contributed by atoms with Crippen LogP contribution >= 0.6 is 0 Å². The minimum atomic E-state index is 0.0468. The highest BCUT2D eigenvalue weighted by atomic mass is 16.5. The zero-order chi connectivity index (χ0) is 16.9. The SMILES string of the molecule is COc1nccc(OC2CCN(C(=O)c3ccccc3C)CC2)n1. The van der Waals surface area contributed by atoms with Gasteiger partial charge in [-0.1, -0.05) is 18.2 Å². The van der Waals surface area contributed by atoms with Crippen molar-refractivity contribution in [1.82, 2.24) is 14.9 Å². The standard InChI is InChI=1S/C18H21N3O3/c1-13-5-3-4-6-15(13)17(22)21-11-8-14(9-12-21)24-16-7-10-19-18(20-16)23-2/h3-7,10,14H,8-9,11-12H2,1-2H3. The van der Waals surface area contributed by atoms with Gasteiger partial charge >= 0.3 is 6.01 Å². The fourth-order valence-corrected chi connectivity index (χ4v) is 2.82. The van der Waals surface area contributed by atoms with Gasteiger partial charge in [0.2, 0.25) is 5.88 Å². The molecule has 1 aliphatic heterocycles. The summed E-state index contributed by atoms with van der Waals surface area (Å²) in [6.07, 6.45) is 3.22. The number of hydrogen-bond acceptors (Lipinski definition) is 5. The largest absolute Gasteiger partial charge is 0.474 e. The molecular formula is C18H21N3O3. The number of rotatable bonds is 4. The third kappa shape index (κ3) is 3.64. The Morgan fingerprint density at radius 1 is 1.21 bits per heavy atom. The van der Waals surface area contributed by atoms with Gasteiger partial charge in [-0.15, -0.1) is 0 Å². The van der Waals surface area contributed by atoms with Gasteiger partial charge in [0.15, 0.2) is 0 Å². The highest BCUT2D eigenvalue weighted by Crippen LogP contribution is 2.20. The normalized spacial score (nSPS) is 15.2. The monoisotopic (exact) mass is 327 g/mol. The quantitative estimate of drug-likeness (QED) is 0.863. The van der Waals surface area contributed by atoms with Crippen molar-refractivity contribution in [3.63, 3.8) is 0 Å². The van der Waals surface area contributed by atoms with E-state index in [0.29, 0.717) is 25.0 Å². The highest BCUT2D eigenvalue weighted by molar-refractivity contribution is 5.95. The van der Waals surface area contributed by atoms with Crippen molar-refractivity contribution in [3.8, 4) is 11.9 Å². The first kappa shape index (κ1) is 16.2. The number of aryl methyl sites for hydroxylation is 1. The number of piperidine rings is 1. The van der Waals surface area contributed by atoms with Crippen molar-refractivity contribution in [3.05, 3.63) is 47.7 Å². The van der Waals surface area contributed by atoms with E-state index in [0.717, 1.165) is 24.0 Å². The summed E-state index contributed by atoms with van der Waals surface area (Å²) in [5.41, 5.74) is 1.78. The van der Waals surface area contributed by atoms with E-state index >= 15 is 0 Å². The molecule has 1 aromatic carbocycles. The van der Waals surface area contributed by atoms with E-state index in [-0.39, 0.29) is 12.0 Å². The Kier molecular flexibility index (Phi) is 4.93. The van der Waals surface area contributed by atoms with Crippen LogP contribution in [0, 0.1) is 6.92 Å². The summed E-state index contributed by atoms with van der Waals surface area (Å²) in [5, 5.41) is 0. The third-order valence-corrected chi connectivity index (χ3v) is 4.18. The molecule has 6 heteroatoms. The summed E-state index contributed by atoms with van der Waals surface area (Å²) >= 11 is 0. The van der Waals surface area contributed by atoms with E-state index in [1.807, 2.05) is 36.1 Å². The molecule has 0 spiro atoms. The molecule has 126 valence electrons. The van der Waals surface area contributed by atoms with Crippen LogP contribution in [0.1, 0.15) is 28.8 Å². The van der Waals surface area contributed by atoms with Crippen LogP contribution in [0.3, 0.4) is 0 Å². The molecule has 0 N–H and O–H groups in total. The van der Waals surface area contributed by atoms with Crippen LogP contribution in [0.2, 0.25) is 0 Å². The molecule has 0 unspecified atom stereocenters. The van der Waals surface area contributed by atoms with E-state index in [9.17, 15) is 4.79 Å². The third-order valence-electron chi connectivity index (χ3n) is 4.18. The Bertz CT molecular complexity index is 712. The van der Waals surface area contributed by atoms with E-state index in [1.165, 1.54) is 7.11 Å². The Labute approximate surface area is 141 Å². The van der Waals surface area contributed by atoms with Crippen molar-refractivity contribution in [1.29, 1.82) is 0 Å². The number of carbonyl (C=O) groups is 1. The Hall–Kier alpha value is -2.63. The zero-order valence-corrected chi connectivity index (χ0v) is 13.9. The van der Waals surface area contributed by atoms with Crippen LogP contribution in [0.4, 0.5) is 0 Å². The number of amides is 1. The second-order valence-electron chi connectivity index (χ2n) is 5.81. The summed E-state index contributed by atoms with van der Waals surface area (Å²) in [6, 6.07) is 9.70. The minimum absolute atomic E-state index is 0.0468. The summed E-state index contributed by atoms with van der Waals surface area (Å²) in [6.45, 7) is 3.33. The summed E-state index contributed by atoms with van der Waals surface area (Å²) in [5.74, 6) is 0.598. The number of likely N-dealkylation sites (tertiary alicyclic amines) is 1. The Morgan fingerprint density at radius 2 is 1.96 bits per heavy atom. The lowest BCUT2D eigenvalue weighted by Crippen LogP contribution is -2.42. The van der Waals surface area contributed by atoms with Gasteiger partial charge in [0, 0.05) is 43.8 Å². The van der Waals surface area contributed by atoms with Gasteiger partial charge in [0.1, 0.15) is 6.10 Å². The number of benzene rings is 1. The van der Waals surface area contributed by atoms with Crippen LogP contribution in [-0.4, -0.2) is 47.1 Å². The van der Waals surface area contributed by atoms with Crippen molar-refractivity contribution >= 4 is 5.91 Å². The van der Waals surface area contributed by atoms with Gasteiger partial charge in [-0.3, -0.25) is 4.79 Å². The van der Waals surface area contributed by atoms with E-state index in [1.54, 1.807) is 12.3 Å². The molecule has 3 rings (SSSR count). The molecule has 1 aromatic heterocycles. The molecule has 0 radical (unpaired) electrons. The molecule has 1 amide bonds. The van der Waals surface area contributed by atoms with Crippen molar-refractivity contribution < 1.29 is 14.3 Å². The maximum absolute atomic E-state index is 12.6. The second kappa shape index (κ2) is 7.29. The van der Waals surface area contributed by atoms with E-state index < -0.39 is 0 Å². The maximum atomic E-state index is 12.6. The molecule has 0 saturated carbocycles. The zero-order valence-electron chi connectivity index (χ0n) is 13.9. The number of aromatic nitrogens is 2. The average molecular weight is 327 g/mol. The topological polar surface area (TPSA) is 64.6 Å². The van der Waals surface area contributed by atoms with Crippen molar-refractivity contribution in [2.45, 2.75) is 25.9 Å². The Balaban J connectivity index is 1.57. The average Bonchev–Trinajstić information content (AvgIpc) is 2.62. The van der Waals surface area contributed by atoms with Gasteiger partial charge < -0.3 is 14.4 Å². The molecule has 0 aliphatic carbocycles. The summed E-state index contributed by atoms with van der Waals surface area (Å²) < 4.78 is 10.9. The van der Waals surface area contributed by atoms with Crippen molar-refractivity contribution in [2.24, 2.45) is 0 Å². The summed E-state index contributed by atoms with van der Waals surface area (Å²) in [7, 11) is 1.52. The Morgan fingerprint density at radius 3 is 2.67 bits per heavy atom. The smallest absolute Gasteiger partial charge is 0.319 e. The molecule has 24 heavy (non-hydrogen) atoms. The molecule has 0 bridgehead atoms. The highest BCUT2D eigenvalue weighted by Gasteiger charge is 2.25. The molecule has 1 fully saturated rings. The predicted octanol–water partition coefficient (Wildman–Crippen LogP) is 2.48. The van der Waals surface area contributed by atoms with Gasteiger partial charge in [0.05, 0.1) is 7.11 Å². The maximum Gasteiger partial charge on any atom is 0.319 e. The molecule has 6 nitrogen and oxygen atoms in total. The number of carbonyl (C=O) groups excluding carboxylic acids is 1. The molecule has 1 aliphatic rings. The fraction of sp³-hybridized carbons (Fsp3) is 0.389. The lowest BCUT2D eigenvalue weighted by molar-refractivity contribution is 0.0586. The molecule has 1 saturated heterocycles. The van der Waals surface area contributed by atoms with Crippen molar-refractivity contribution in [2.75, 3.05) is 20.2 Å².